The van der Waals surface area contributed by atoms with Gasteiger partial charge in [0.1, 0.15) is 5.75 Å². The van der Waals surface area contributed by atoms with Crippen LogP contribution in [0.25, 0.3) is 11.1 Å². The van der Waals surface area contributed by atoms with Crippen LogP contribution in [0.4, 0.5) is 0 Å². The van der Waals surface area contributed by atoms with Gasteiger partial charge in [0.05, 0.1) is 7.11 Å². The lowest BCUT2D eigenvalue weighted by atomic mass is 9.73. The first-order valence-corrected chi connectivity index (χ1v) is 10.0. The van der Waals surface area contributed by atoms with Crippen LogP contribution in [-0.4, -0.2) is 43.1 Å². The molecule has 4 nitrogen and oxygen atoms in total. The van der Waals surface area contributed by atoms with Crippen molar-refractivity contribution in [2.24, 2.45) is 5.92 Å². The van der Waals surface area contributed by atoms with E-state index in [2.05, 4.69) is 46.6 Å². The van der Waals surface area contributed by atoms with E-state index in [-0.39, 0.29) is 0 Å². The zero-order valence-electron chi connectivity index (χ0n) is 15.7. The maximum Gasteiger partial charge on any atom is 0.225 e. The molecule has 3 saturated heterocycles. The number of carbonyl (C=O) groups excluding carboxylic acids is 1. The van der Waals surface area contributed by atoms with Crippen LogP contribution in [0, 0.1) is 5.92 Å². The van der Waals surface area contributed by atoms with Gasteiger partial charge in [-0.3, -0.25) is 4.79 Å². The lowest BCUT2D eigenvalue weighted by Gasteiger charge is -2.55. The molecule has 3 atom stereocenters. The molecule has 27 heavy (non-hydrogen) atoms. The highest BCUT2D eigenvalue weighted by Crippen LogP contribution is 2.39. The van der Waals surface area contributed by atoms with E-state index in [9.17, 15) is 4.79 Å². The molecular formula is C23H26N2O2. The molecule has 1 N–H and O–H groups in total. The second kappa shape index (κ2) is 6.68. The van der Waals surface area contributed by atoms with E-state index < -0.39 is 0 Å². The van der Waals surface area contributed by atoms with E-state index in [0.717, 1.165) is 31.7 Å². The van der Waals surface area contributed by atoms with E-state index in [4.69, 9.17) is 4.74 Å². The molecule has 4 fully saturated rings. The Bertz CT molecular complexity index is 832. The summed E-state index contributed by atoms with van der Waals surface area (Å²) in [5.41, 5.74) is 3.76. The largest absolute Gasteiger partial charge is 0.497 e. The highest BCUT2D eigenvalue weighted by Gasteiger charge is 2.48. The van der Waals surface area contributed by atoms with Gasteiger partial charge in [0.15, 0.2) is 0 Å². The van der Waals surface area contributed by atoms with Gasteiger partial charge in [-0.05, 0) is 41.7 Å². The molecule has 0 radical (unpaired) electrons. The molecule has 3 aliphatic heterocycles. The summed E-state index contributed by atoms with van der Waals surface area (Å²) in [5.74, 6) is 2.10. The molecular weight excluding hydrogens is 336 g/mol. The summed E-state index contributed by atoms with van der Waals surface area (Å²) in [7, 11) is 1.70. The number of hydrogen-bond donors (Lipinski definition) is 1. The highest BCUT2D eigenvalue weighted by molar-refractivity contribution is 5.80. The number of carbonyl (C=O) groups is 1. The van der Waals surface area contributed by atoms with E-state index in [1.807, 2.05) is 12.1 Å². The first-order valence-electron chi connectivity index (χ1n) is 10.0. The number of rotatable bonds is 4. The van der Waals surface area contributed by atoms with Crippen molar-refractivity contribution >= 4 is 5.91 Å². The van der Waals surface area contributed by atoms with Crippen LogP contribution in [0.2, 0.25) is 0 Å². The Morgan fingerprint density at radius 3 is 2.41 bits per heavy atom. The molecule has 2 bridgehead atoms. The third-order valence-electron chi connectivity index (χ3n) is 6.59. The predicted molar refractivity (Wildman–Crippen MR) is 106 cm³/mol. The van der Waals surface area contributed by atoms with Crippen molar-refractivity contribution in [1.29, 1.82) is 0 Å². The second-order valence-corrected chi connectivity index (χ2v) is 8.13. The van der Waals surface area contributed by atoms with Crippen LogP contribution in [0.1, 0.15) is 30.7 Å². The average Bonchev–Trinajstić information content (AvgIpc) is 2.67. The smallest absolute Gasteiger partial charge is 0.225 e. The van der Waals surface area contributed by atoms with Gasteiger partial charge >= 0.3 is 0 Å². The van der Waals surface area contributed by atoms with Crippen molar-refractivity contribution in [3.63, 3.8) is 0 Å². The number of nitrogens with zero attached hydrogens (tertiary/aromatic N) is 1. The first-order chi connectivity index (χ1) is 13.2. The quantitative estimate of drug-likeness (QED) is 0.906. The summed E-state index contributed by atoms with van der Waals surface area (Å²) in [5, 5.41) is 3.64. The SMILES string of the molecule is COc1cccc(-c2ccc(C3[C@@H]4CN(C(=O)C5CCC5)C[C@H]3N4)cc2)c1. The van der Waals surface area contributed by atoms with Gasteiger partial charge in [-0.1, -0.05) is 42.8 Å². The van der Waals surface area contributed by atoms with Crippen LogP contribution < -0.4 is 10.1 Å². The van der Waals surface area contributed by atoms with E-state index in [1.165, 1.54) is 23.1 Å². The van der Waals surface area contributed by atoms with E-state index in [0.29, 0.717) is 29.8 Å². The molecule has 3 heterocycles. The van der Waals surface area contributed by atoms with Gasteiger partial charge in [-0.15, -0.1) is 0 Å². The van der Waals surface area contributed by atoms with Crippen LogP contribution in [-0.2, 0) is 4.79 Å². The minimum absolute atomic E-state index is 0.308. The molecule has 1 aliphatic carbocycles. The fraction of sp³-hybridized carbons (Fsp3) is 0.435. The number of piperidine rings is 1. The number of nitrogens with one attached hydrogen (secondary N) is 1. The van der Waals surface area contributed by atoms with Gasteiger partial charge in [-0.2, -0.15) is 0 Å². The van der Waals surface area contributed by atoms with Crippen molar-refractivity contribution in [3.8, 4) is 16.9 Å². The molecule has 6 rings (SSSR count). The third kappa shape index (κ3) is 2.92. The summed E-state index contributed by atoms with van der Waals surface area (Å²) in [4.78, 5) is 14.6. The Morgan fingerprint density at radius 2 is 1.78 bits per heavy atom. The van der Waals surface area contributed by atoms with Crippen molar-refractivity contribution in [3.05, 3.63) is 54.1 Å². The molecule has 0 aromatic heterocycles. The molecule has 1 unspecified atom stereocenters. The maximum atomic E-state index is 12.5. The molecule has 1 saturated carbocycles. The topological polar surface area (TPSA) is 41.6 Å². The normalized spacial score (nSPS) is 26.9. The van der Waals surface area contributed by atoms with Gasteiger partial charge in [0, 0.05) is 37.0 Å². The molecule has 140 valence electrons. The van der Waals surface area contributed by atoms with Crippen molar-refractivity contribution in [1.82, 2.24) is 10.2 Å². The fourth-order valence-electron chi connectivity index (χ4n) is 4.78. The minimum Gasteiger partial charge on any atom is -0.497 e. The van der Waals surface area contributed by atoms with Gasteiger partial charge in [0.25, 0.3) is 0 Å². The zero-order chi connectivity index (χ0) is 18.4. The van der Waals surface area contributed by atoms with E-state index in [1.54, 1.807) is 7.11 Å². The standard InChI is InChI=1S/C23H26N2O2/c1-27-19-7-3-6-18(12-19)15-8-10-16(11-9-15)22-20-13-25(14-21(22)24-20)23(26)17-4-2-5-17/h3,6-12,17,20-22,24H,2,4-5,13-14H2,1H3/t20-,21+,22?. The number of benzene rings is 2. The summed E-state index contributed by atoms with van der Waals surface area (Å²) in [6, 6.07) is 17.9. The molecule has 1 amide bonds. The van der Waals surface area contributed by atoms with Crippen molar-refractivity contribution in [2.45, 2.75) is 37.3 Å². The van der Waals surface area contributed by atoms with Gasteiger partial charge in [-0.25, -0.2) is 0 Å². The Kier molecular flexibility index (Phi) is 4.16. The monoisotopic (exact) mass is 362 g/mol. The summed E-state index contributed by atoms with van der Waals surface area (Å²) in [6.45, 7) is 1.71. The molecule has 4 aliphatic rings. The highest BCUT2D eigenvalue weighted by atomic mass is 16.5. The maximum absolute atomic E-state index is 12.5. The van der Waals surface area contributed by atoms with Crippen molar-refractivity contribution < 1.29 is 9.53 Å². The number of fused-ring (bicyclic) bond motifs is 2. The Morgan fingerprint density at radius 1 is 1.04 bits per heavy atom. The van der Waals surface area contributed by atoms with Crippen LogP contribution in [0.5, 0.6) is 5.75 Å². The fourth-order valence-corrected chi connectivity index (χ4v) is 4.78. The Hall–Kier alpha value is -2.33. The van der Waals surface area contributed by atoms with Crippen molar-refractivity contribution in [2.75, 3.05) is 20.2 Å². The van der Waals surface area contributed by atoms with Gasteiger partial charge in [0.2, 0.25) is 5.91 Å². The lowest BCUT2D eigenvalue weighted by molar-refractivity contribution is -0.143. The summed E-state index contributed by atoms with van der Waals surface area (Å²) >= 11 is 0. The number of hydrogen-bond acceptors (Lipinski definition) is 3. The summed E-state index contributed by atoms with van der Waals surface area (Å²) in [6.07, 6.45) is 3.40. The number of amides is 1. The predicted octanol–water partition coefficient (Wildman–Crippen LogP) is 3.43. The number of methoxy groups -OCH3 is 1. The van der Waals surface area contributed by atoms with Crippen LogP contribution in [0.3, 0.4) is 0 Å². The minimum atomic E-state index is 0.308. The average molecular weight is 362 g/mol. The van der Waals surface area contributed by atoms with E-state index >= 15 is 0 Å². The number of ether oxygens (including phenoxy) is 1. The van der Waals surface area contributed by atoms with Crippen LogP contribution >= 0.6 is 0 Å². The molecule has 2 aromatic rings. The van der Waals surface area contributed by atoms with Crippen LogP contribution in [0.15, 0.2) is 48.5 Å². The second-order valence-electron chi connectivity index (χ2n) is 8.13. The molecule has 0 spiro atoms. The third-order valence-corrected chi connectivity index (χ3v) is 6.59. The zero-order valence-corrected chi connectivity index (χ0v) is 15.7. The lowest BCUT2D eigenvalue weighted by Crippen LogP contribution is -2.72. The summed E-state index contributed by atoms with van der Waals surface area (Å²) < 4.78 is 5.33. The number of piperazine rings is 1. The Balaban J connectivity index is 1.28. The molecule has 2 aromatic carbocycles. The molecule has 4 heteroatoms. The first kappa shape index (κ1) is 16.8. The Labute approximate surface area is 160 Å². The van der Waals surface area contributed by atoms with Gasteiger partial charge < -0.3 is 15.0 Å².